The van der Waals surface area contributed by atoms with Crippen LogP contribution in [0.3, 0.4) is 0 Å². The molecule has 1 amide bonds. The van der Waals surface area contributed by atoms with E-state index < -0.39 is 17.5 Å². The lowest BCUT2D eigenvalue weighted by molar-refractivity contribution is -0.114. The van der Waals surface area contributed by atoms with Crippen LogP contribution in [0.1, 0.15) is 10.4 Å². The highest BCUT2D eigenvalue weighted by molar-refractivity contribution is 6.44. The Balaban J connectivity index is 2.64. The molecular weight excluding hydrogens is 199 g/mol. The van der Waals surface area contributed by atoms with Crippen molar-refractivity contribution in [3.8, 4) is 0 Å². The Bertz CT molecular complexity index is 560. The first-order chi connectivity index (χ1) is 7.09. The maximum atomic E-state index is 12.8. The van der Waals surface area contributed by atoms with Crippen molar-refractivity contribution in [1.29, 1.82) is 0 Å². The van der Waals surface area contributed by atoms with E-state index in [4.69, 9.17) is 5.73 Å². The first-order valence-electron chi connectivity index (χ1n) is 4.20. The summed E-state index contributed by atoms with van der Waals surface area (Å²) in [7, 11) is 0. The number of halogens is 1. The molecule has 0 atom stereocenters. The number of carbonyl (C=O) groups is 2. The minimum Gasteiger partial charge on any atom is -0.363 e. The molecular formula is C10H7FN2O2. The van der Waals surface area contributed by atoms with Gasteiger partial charge < -0.3 is 10.7 Å². The van der Waals surface area contributed by atoms with Crippen LogP contribution in [-0.2, 0) is 4.79 Å². The van der Waals surface area contributed by atoms with Crippen molar-refractivity contribution in [1.82, 2.24) is 4.98 Å². The molecule has 76 valence electrons. The lowest BCUT2D eigenvalue weighted by Crippen LogP contribution is -2.22. The van der Waals surface area contributed by atoms with E-state index in [2.05, 4.69) is 4.98 Å². The first kappa shape index (κ1) is 9.39. The van der Waals surface area contributed by atoms with Crippen LogP contribution in [-0.4, -0.2) is 16.7 Å². The monoisotopic (exact) mass is 206 g/mol. The summed E-state index contributed by atoms with van der Waals surface area (Å²) in [6, 6.07) is 3.89. The van der Waals surface area contributed by atoms with Gasteiger partial charge in [0.2, 0.25) is 0 Å². The fourth-order valence-corrected chi connectivity index (χ4v) is 1.42. The van der Waals surface area contributed by atoms with Crippen molar-refractivity contribution in [2.75, 3.05) is 0 Å². The summed E-state index contributed by atoms with van der Waals surface area (Å²) in [6.07, 6.45) is 1.34. The number of primary amides is 1. The molecule has 15 heavy (non-hydrogen) atoms. The van der Waals surface area contributed by atoms with Gasteiger partial charge in [0.15, 0.2) is 0 Å². The Morgan fingerprint density at radius 2 is 2.07 bits per heavy atom. The molecule has 4 nitrogen and oxygen atoms in total. The number of hydrogen-bond acceptors (Lipinski definition) is 2. The summed E-state index contributed by atoms with van der Waals surface area (Å²) in [5.41, 5.74) is 5.49. The molecule has 2 rings (SSSR count). The predicted octanol–water partition coefficient (Wildman–Crippen LogP) is 0.975. The average Bonchev–Trinajstić information content (AvgIpc) is 2.59. The molecule has 0 fully saturated rings. The normalized spacial score (nSPS) is 10.5. The van der Waals surface area contributed by atoms with E-state index in [1.807, 2.05) is 0 Å². The standard InChI is InChI=1S/C10H7FN2O2/c11-5-1-2-6-7(9(14)10(12)15)4-13-8(6)3-5/h1-4,13H,(H2,12,15). The summed E-state index contributed by atoms with van der Waals surface area (Å²) in [6.45, 7) is 0. The van der Waals surface area contributed by atoms with E-state index in [9.17, 15) is 14.0 Å². The number of benzene rings is 1. The van der Waals surface area contributed by atoms with Crippen LogP contribution >= 0.6 is 0 Å². The number of aromatic nitrogens is 1. The van der Waals surface area contributed by atoms with Crippen LogP contribution in [0.15, 0.2) is 24.4 Å². The van der Waals surface area contributed by atoms with Gasteiger partial charge in [-0.25, -0.2) is 4.39 Å². The number of nitrogens with two attached hydrogens (primary N) is 1. The van der Waals surface area contributed by atoms with Crippen molar-refractivity contribution < 1.29 is 14.0 Å². The quantitative estimate of drug-likeness (QED) is 0.567. The number of nitrogens with one attached hydrogen (secondary N) is 1. The molecule has 0 aliphatic carbocycles. The third-order valence-corrected chi connectivity index (χ3v) is 2.11. The van der Waals surface area contributed by atoms with E-state index in [0.717, 1.165) is 0 Å². The van der Waals surface area contributed by atoms with Crippen LogP contribution < -0.4 is 5.73 Å². The molecule has 0 radical (unpaired) electrons. The number of Topliss-reactive ketones (excluding diaryl/α,β-unsaturated/α-hetero) is 1. The SMILES string of the molecule is NC(=O)C(=O)c1c[nH]c2cc(F)ccc12. The molecule has 3 N–H and O–H groups in total. The lowest BCUT2D eigenvalue weighted by atomic mass is 10.1. The number of H-pyrrole nitrogens is 1. The Labute approximate surface area is 83.9 Å². The smallest absolute Gasteiger partial charge is 0.289 e. The summed E-state index contributed by atoms with van der Waals surface area (Å²) < 4.78 is 12.8. The van der Waals surface area contributed by atoms with Crippen molar-refractivity contribution >= 4 is 22.6 Å². The van der Waals surface area contributed by atoms with Gasteiger partial charge in [0, 0.05) is 17.1 Å². The Morgan fingerprint density at radius 3 is 2.73 bits per heavy atom. The zero-order valence-corrected chi connectivity index (χ0v) is 7.58. The zero-order chi connectivity index (χ0) is 11.0. The first-order valence-corrected chi connectivity index (χ1v) is 4.20. The second-order valence-electron chi connectivity index (χ2n) is 3.09. The maximum absolute atomic E-state index is 12.8. The van der Waals surface area contributed by atoms with Crippen molar-refractivity contribution in [3.63, 3.8) is 0 Å². The molecule has 0 saturated heterocycles. The number of rotatable bonds is 2. The predicted molar refractivity (Wildman–Crippen MR) is 51.8 cm³/mol. The van der Waals surface area contributed by atoms with Crippen molar-refractivity contribution in [3.05, 3.63) is 35.8 Å². The molecule has 1 aromatic carbocycles. The molecule has 0 saturated carbocycles. The third-order valence-electron chi connectivity index (χ3n) is 2.11. The van der Waals surface area contributed by atoms with E-state index >= 15 is 0 Å². The van der Waals surface area contributed by atoms with Gasteiger partial charge in [-0.05, 0) is 18.2 Å². The average molecular weight is 206 g/mol. The third kappa shape index (κ3) is 1.48. The van der Waals surface area contributed by atoms with Crippen LogP contribution in [0.25, 0.3) is 10.9 Å². The molecule has 0 unspecified atom stereocenters. The zero-order valence-electron chi connectivity index (χ0n) is 7.58. The number of ketones is 1. The van der Waals surface area contributed by atoms with E-state index in [1.54, 1.807) is 0 Å². The highest BCUT2D eigenvalue weighted by Crippen LogP contribution is 2.19. The highest BCUT2D eigenvalue weighted by Gasteiger charge is 2.16. The molecule has 1 heterocycles. The van der Waals surface area contributed by atoms with Crippen LogP contribution in [0.5, 0.6) is 0 Å². The molecule has 0 bridgehead atoms. The number of hydrogen-bond donors (Lipinski definition) is 2. The van der Waals surface area contributed by atoms with E-state index in [-0.39, 0.29) is 5.56 Å². The van der Waals surface area contributed by atoms with Gasteiger partial charge in [-0.2, -0.15) is 0 Å². The van der Waals surface area contributed by atoms with E-state index in [0.29, 0.717) is 10.9 Å². The number of aromatic amines is 1. The number of carbonyl (C=O) groups excluding carboxylic acids is 2. The molecule has 0 aliphatic rings. The number of amides is 1. The van der Waals surface area contributed by atoms with Crippen molar-refractivity contribution in [2.24, 2.45) is 5.73 Å². The second-order valence-corrected chi connectivity index (χ2v) is 3.09. The van der Waals surface area contributed by atoms with Crippen molar-refractivity contribution in [2.45, 2.75) is 0 Å². The lowest BCUT2D eigenvalue weighted by Gasteiger charge is -1.94. The Morgan fingerprint density at radius 1 is 1.33 bits per heavy atom. The molecule has 0 spiro atoms. The van der Waals surface area contributed by atoms with Gasteiger partial charge in [-0.1, -0.05) is 0 Å². The topological polar surface area (TPSA) is 76.0 Å². The summed E-state index contributed by atoms with van der Waals surface area (Å²) in [5.74, 6) is -2.23. The summed E-state index contributed by atoms with van der Waals surface area (Å²) in [5, 5.41) is 0.486. The highest BCUT2D eigenvalue weighted by atomic mass is 19.1. The maximum Gasteiger partial charge on any atom is 0.289 e. The van der Waals surface area contributed by atoms with Gasteiger partial charge in [-0.3, -0.25) is 9.59 Å². The minimum atomic E-state index is -1.03. The molecule has 2 aromatic rings. The van der Waals surface area contributed by atoms with Gasteiger partial charge >= 0.3 is 0 Å². The Kier molecular flexibility index (Phi) is 2.00. The van der Waals surface area contributed by atoms with Gasteiger partial charge in [0.1, 0.15) is 5.82 Å². The fraction of sp³-hybridized carbons (Fsp3) is 0. The largest absolute Gasteiger partial charge is 0.363 e. The fourth-order valence-electron chi connectivity index (χ4n) is 1.42. The molecule has 5 heteroatoms. The summed E-state index contributed by atoms with van der Waals surface area (Å²) >= 11 is 0. The van der Waals surface area contributed by atoms with Gasteiger partial charge in [-0.15, -0.1) is 0 Å². The second kappa shape index (κ2) is 3.20. The number of fused-ring (bicyclic) bond motifs is 1. The minimum absolute atomic E-state index is 0.164. The van der Waals surface area contributed by atoms with Gasteiger partial charge in [0.25, 0.3) is 11.7 Å². The van der Waals surface area contributed by atoms with Gasteiger partial charge in [0.05, 0.1) is 5.56 Å². The summed E-state index contributed by atoms with van der Waals surface area (Å²) in [4.78, 5) is 24.7. The Hall–Kier alpha value is -2.17. The van der Waals surface area contributed by atoms with Crippen LogP contribution in [0.4, 0.5) is 4.39 Å². The van der Waals surface area contributed by atoms with E-state index in [1.165, 1.54) is 24.4 Å². The van der Waals surface area contributed by atoms with Crippen LogP contribution in [0, 0.1) is 5.82 Å². The van der Waals surface area contributed by atoms with Crippen LogP contribution in [0.2, 0.25) is 0 Å². The molecule has 0 aliphatic heterocycles. The molecule has 1 aromatic heterocycles.